The number of hydrogen-bond acceptors (Lipinski definition) is 7. The van der Waals surface area contributed by atoms with Crippen LogP contribution in [-0.4, -0.2) is 67.7 Å². The Morgan fingerprint density at radius 2 is 1.94 bits per heavy atom. The Bertz CT molecular complexity index is 984. The summed E-state index contributed by atoms with van der Waals surface area (Å²) in [6.45, 7) is 7.92. The fourth-order valence-corrected chi connectivity index (χ4v) is 4.19. The Hall–Kier alpha value is -2.98. The SMILES string of the molecule is CCC(O)c1ccc(OCc2cn(C(C(=O)N3CC(O)CC3C(=O)NC)C(C)(C)C)nn2)cc1. The summed E-state index contributed by atoms with van der Waals surface area (Å²) in [6, 6.07) is 5.78. The second-order valence-corrected chi connectivity index (χ2v) is 9.75. The highest BCUT2D eigenvalue weighted by Crippen LogP contribution is 2.34. The zero-order valence-electron chi connectivity index (χ0n) is 20.4. The maximum Gasteiger partial charge on any atom is 0.248 e. The van der Waals surface area contributed by atoms with E-state index in [2.05, 4.69) is 15.6 Å². The number of ether oxygens (including phenoxy) is 1. The third-order valence-corrected chi connectivity index (χ3v) is 6.03. The van der Waals surface area contributed by atoms with Gasteiger partial charge in [0.1, 0.15) is 30.1 Å². The maximum absolute atomic E-state index is 13.6. The number of likely N-dealkylation sites (tertiary alicyclic amines) is 1. The third-order valence-electron chi connectivity index (χ3n) is 6.03. The van der Waals surface area contributed by atoms with Crippen LogP contribution >= 0.6 is 0 Å². The van der Waals surface area contributed by atoms with Crippen LogP contribution in [0.25, 0.3) is 0 Å². The van der Waals surface area contributed by atoms with Crippen molar-refractivity contribution in [2.75, 3.05) is 13.6 Å². The van der Waals surface area contributed by atoms with Gasteiger partial charge < -0.3 is 25.2 Å². The van der Waals surface area contributed by atoms with E-state index in [0.29, 0.717) is 17.9 Å². The molecule has 1 saturated heterocycles. The third kappa shape index (κ3) is 5.74. The summed E-state index contributed by atoms with van der Waals surface area (Å²) < 4.78 is 7.31. The van der Waals surface area contributed by atoms with Gasteiger partial charge in [0.2, 0.25) is 11.8 Å². The molecule has 0 bridgehead atoms. The molecular formula is C24H35N5O5. The Kier molecular flexibility index (Phi) is 7.93. The van der Waals surface area contributed by atoms with Crippen molar-refractivity contribution in [2.24, 2.45) is 5.41 Å². The van der Waals surface area contributed by atoms with E-state index in [1.807, 2.05) is 39.8 Å². The van der Waals surface area contributed by atoms with Crippen LogP contribution in [0.3, 0.4) is 0 Å². The average molecular weight is 474 g/mol. The van der Waals surface area contributed by atoms with Crippen molar-refractivity contribution >= 4 is 11.8 Å². The lowest BCUT2D eigenvalue weighted by Gasteiger charge is -2.34. The molecule has 4 atom stereocenters. The van der Waals surface area contributed by atoms with Crippen LogP contribution in [0.1, 0.15) is 63.9 Å². The van der Waals surface area contributed by atoms with Gasteiger partial charge in [0.05, 0.1) is 18.4 Å². The number of hydrogen-bond donors (Lipinski definition) is 3. The van der Waals surface area contributed by atoms with Gasteiger partial charge in [0.25, 0.3) is 0 Å². The van der Waals surface area contributed by atoms with Gasteiger partial charge in [0.15, 0.2) is 0 Å². The monoisotopic (exact) mass is 473 g/mol. The lowest BCUT2D eigenvalue weighted by molar-refractivity contribution is -0.144. The van der Waals surface area contributed by atoms with Crippen molar-refractivity contribution in [1.82, 2.24) is 25.2 Å². The molecule has 0 aliphatic carbocycles. The summed E-state index contributed by atoms with van der Waals surface area (Å²) in [5, 5.41) is 31.0. The number of carbonyl (C=O) groups is 2. The van der Waals surface area contributed by atoms with Gasteiger partial charge in [-0.3, -0.25) is 9.59 Å². The first-order valence-corrected chi connectivity index (χ1v) is 11.6. The normalized spacial score (nSPS) is 20.1. The fourth-order valence-electron chi connectivity index (χ4n) is 4.19. The van der Waals surface area contributed by atoms with Gasteiger partial charge in [-0.25, -0.2) is 4.68 Å². The van der Waals surface area contributed by atoms with Gasteiger partial charge >= 0.3 is 0 Å². The Morgan fingerprint density at radius 3 is 2.53 bits per heavy atom. The van der Waals surface area contributed by atoms with E-state index in [9.17, 15) is 19.8 Å². The highest BCUT2D eigenvalue weighted by Gasteiger charge is 2.45. The molecule has 4 unspecified atom stereocenters. The molecule has 2 amide bonds. The molecule has 1 fully saturated rings. The summed E-state index contributed by atoms with van der Waals surface area (Å²) in [5.41, 5.74) is 0.845. The summed E-state index contributed by atoms with van der Waals surface area (Å²) in [6.07, 6.45) is 1.26. The number of aromatic nitrogens is 3. The fraction of sp³-hybridized carbons (Fsp3) is 0.583. The van der Waals surface area contributed by atoms with Crippen molar-refractivity contribution in [1.29, 1.82) is 0 Å². The number of β-amino-alcohol motifs (C(OH)–C–C–N with tert-alkyl or cyclic N) is 1. The molecule has 34 heavy (non-hydrogen) atoms. The highest BCUT2D eigenvalue weighted by molar-refractivity contribution is 5.90. The standard InChI is InChI=1S/C24H35N5O5/c1-6-20(31)15-7-9-18(10-8-15)34-14-16-12-29(27-26-16)21(24(2,3)4)23(33)28-13-17(30)11-19(28)22(32)25-5/h7-10,12,17,19-21,30-31H,6,11,13-14H2,1-5H3,(H,25,32). The number of aliphatic hydroxyl groups is 2. The first kappa shape index (κ1) is 25.6. The molecule has 1 aliphatic heterocycles. The zero-order chi connectivity index (χ0) is 25.0. The quantitative estimate of drug-likeness (QED) is 0.531. The second-order valence-electron chi connectivity index (χ2n) is 9.75. The minimum absolute atomic E-state index is 0.0941. The molecule has 3 N–H and O–H groups in total. The molecule has 0 spiro atoms. The van der Waals surface area contributed by atoms with Gasteiger partial charge in [0, 0.05) is 20.0 Å². The van der Waals surface area contributed by atoms with Crippen molar-refractivity contribution < 1.29 is 24.5 Å². The number of nitrogens with zero attached hydrogens (tertiary/aromatic N) is 4. The zero-order valence-corrected chi connectivity index (χ0v) is 20.4. The first-order chi connectivity index (χ1) is 16.0. The molecule has 1 aromatic carbocycles. The molecule has 0 radical (unpaired) electrons. The van der Waals surface area contributed by atoms with Crippen molar-refractivity contribution in [3.63, 3.8) is 0 Å². The summed E-state index contributed by atoms with van der Waals surface area (Å²) in [4.78, 5) is 27.3. The average Bonchev–Trinajstić information content (AvgIpc) is 3.42. The molecule has 186 valence electrons. The molecule has 2 aromatic rings. The molecule has 3 rings (SSSR count). The summed E-state index contributed by atoms with van der Waals surface area (Å²) >= 11 is 0. The van der Waals surface area contributed by atoms with Crippen molar-refractivity contribution in [3.05, 3.63) is 41.7 Å². The predicted octanol–water partition coefficient (Wildman–Crippen LogP) is 1.60. The molecule has 1 aliphatic rings. The smallest absolute Gasteiger partial charge is 0.248 e. The van der Waals surface area contributed by atoms with Crippen LogP contribution in [0.15, 0.2) is 30.5 Å². The van der Waals surface area contributed by atoms with E-state index in [1.165, 1.54) is 16.6 Å². The molecule has 0 saturated carbocycles. The van der Waals surface area contributed by atoms with E-state index in [0.717, 1.165) is 5.56 Å². The van der Waals surface area contributed by atoms with Crippen molar-refractivity contribution in [2.45, 2.75) is 71.4 Å². The maximum atomic E-state index is 13.6. The van der Waals surface area contributed by atoms with Crippen molar-refractivity contribution in [3.8, 4) is 5.75 Å². The van der Waals surface area contributed by atoms with E-state index in [-0.39, 0.29) is 31.4 Å². The topological polar surface area (TPSA) is 130 Å². The number of aliphatic hydroxyl groups excluding tert-OH is 2. The largest absolute Gasteiger partial charge is 0.487 e. The first-order valence-electron chi connectivity index (χ1n) is 11.6. The second kappa shape index (κ2) is 10.5. The molecule has 10 nitrogen and oxygen atoms in total. The van der Waals surface area contributed by atoms with Gasteiger partial charge in [-0.2, -0.15) is 0 Å². The molecule has 2 heterocycles. The number of amides is 2. The molecule has 1 aromatic heterocycles. The van der Waals surface area contributed by atoms with Gasteiger partial charge in [-0.05, 0) is 29.5 Å². The van der Waals surface area contributed by atoms with E-state index >= 15 is 0 Å². The number of carbonyl (C=O) groups excluding carboxylic acids is 2. The van der Waals surface area contributed by atoms with Crippen LogP contribution in [0, 0.1) is 5.41 Å². The van der Waals surface area contributed by atoms with Crippen LogP contribution in [0.4, 0.5) is 0 Å². The van der Waals surface area contributed by atoms with E-state index in [4.69, 9.17) is 4.74 Å². The summed E-state index contributed by atoms with van der Waals surface area (Å²) in [7, 11) is 1.51. The van der Waals surface area contributed by atoms with Crippen LogP contribution in [-0.2, 0) is 16.2 Å². The minimum atomic E-state index is -0.753. The predicted molar refractivity (Wildman–Crippen MR) is 125 cm³/mol. The van der Waals surface area contributed by atoms with Crippen LogP contribution in [0.2, 0.25) is 0 Å². The number of benzene rings is 1. The number of likely N-dealkylation sites (N-methyl/N-ethyl adjacent to an activating group) is 1. The number of rotatable bonds is 8. The molecule has 10 heteroatoms. The van der Waals surface area contributed by atoms with Gasteiger partial charge in [-0.1, -0.05) is 45.0 Å². The Morgan fingerprint density at radius 1 is 1.26 bits per heavy atom. The van der Waals surface area contributed by atoms with Crippen LogP contribution < -0.4 is 10.1 Å². The Balaban J connectivity index is 1.74. The van der Waals surface area contributed by atoms with Crippen LogP contribution in [0.5, 0.6) is 5.75 Å². The Labute approximate surface area is 199 Å². The minimum Gasteiger partial charge on any atom is -0.487 e. The van der Waals surface area contributed by atoms with Gasteiger partial charge in [-0.15, -0.1) is 5.10 Å². The lowest BCUT2D eigenvalue weighted by Crippen LogP contribution is -2.49. The molecular weight excluding hydrogens is 438 g/mol. The van der Waals surface area contributed by atoms with E-state index < -0.39 is 29.7 Å². The highest BCUT2D eigenvalue weighted by atomic mass is 16.5. The lowest BCUT2D eigenvalue weighted by atomic mass is 9.85. The number of nitrogens with one attached hydrogen (secondary N) is 1. The van der Waals surface area contributed by atoms with E-state index in [1.54, 1.807) is 18.3 Å². The summed E-state index contributed by atoms with van der Waals surface area (Å²) in [5.74, 6) is 0.0346.